The molecule has 3 aromatic rings. The third-order valence-corrected chi connectivity index (χ3v) is 4.79. The van der Waals surface area contributed by atoms with Crippen molar-refractivity contribution in [2.45, 2.75) is 6.42 Å². The van der Waals surface area contributed by atoms with Crippen molar-refractivity contribution < 1.29 is 14.3 Å². The van der Waals surface area contributed by atoms with E-state index >= 15 is 0 Å². The molecule has 0 unspecified atom stereocenters. The Hall–Kier alpha value is -3.42. The smallest absolute Gasteiger partial charge is 0.271 e. The molecule has 0 fully saturated rings. The second-order valence-corrected chi connectivity index (χ2v) is 7.27. The van der Waals surface area contributed by atoms with Crippen LogP contribution in [-0.2, 0) is 6.42 Å². The highest BCUT2D eigenvalue weighted by atomic mass is 35.5. The van der Waals surface area contributed by atoms with Crippen molar-refractivity contribution in [2.75, 3.05) is 6.61 Å². The Bertz CT molecular complexity index is 1060. The van der Waals surface area contributed by atoms with E-state index < -0.39 is 11.8 Å². The van der Waals surface area contributed by atoms with E-state index in [-0.39, 0.29) is 10.7 Å². The number of carbonyl (C=O) groups is 2. The zero-order chi connectivity index (χ0) is 22.1. The van der Waals surface area contributed by atoms with Gasteiger partial charge in [0.15, 0.2) is 5.11 Å². The molecule has 0 aromatic heterocycles. The van der Waals surface area contributed by atoms with Crippen molar-refractivity contribution >= 4 is 40.7 Å². The van der Waals surface area contributed by atoms with Crippen LogP contribution in [0.5, 0.6) is 5.75 Å². The lowest BCUT2D eigenvalue weighted by Crippen LogP contribution is -2.48. The lowest BCUT2D eigenvalue weighted by atomic mass is 10.2. The zero-order valence-corrected chi connectivity index (χ0v) is 18.0. The molecule has 0 aliphatic heterocycles. The molecule has 0 heterocycles. The summed E-state index contributed by atoms with van der Waals surface area (Å²) in [5, 5.41) is 2.76. The molecule has 31 heavy (non-hydrogen) atoms. The van der Waals surface area contributed by atoms with Crippen molar-refractivity contribution in [1.29, 1.82) is 0 Å². The molecule has 0 saturated heterocycles. The lowest BCUT2D eigenvalue weighted by Gasteiger charge is -2.12. The van der Waals surface area contributed by atoms with Crippen LogP contribution in [0.15, 0.2) is 78.9 Å². The summed E-state index contributed by atoms with van der Waals surface area (Å²) in [5.41, 5.74) is 6.75. The third-order valence-electron chi connectivity index (χ3n) is 4.25. The van der Waals surface area contributed by atoms with E-state index in [1.165, 1.54) is 5.56 Å². The minimum Gasteiger partial charge on any atom is -0.493 e. The van der Waals surface area contributed by atoms with Crippen molar-refractivity contribution in [1.82, 2.24) is 16.2 Å². The van der Waals surface area contributed by atoms with Gasteiger partial charge in [-0.1, -0.05) is 54.1 Å². The van der Waals surface area contributed by atoms with Crippen LogP contribution in [0.25, 0.3) is 0 Å². The van der Waals surface area contributed by atoms with Crippen LogP contribution in [0.1, 0.15) is 26.3 Å². The molecular formula is C23H20ClN3O3S. The summed E-state index contributed by atoms with van der Waals surface area (Å²) in [5.74, 6) is -0.222. The van der Waals surface area contributed by atoms with E-state index in [4.69, 9.17) is 28.6 Å². The number of carbonyl (C=O) groups excluding carboxylic acids is 2. The molecule has 3 N–H and O–H groups in total. The summed E-state index contributed by atoms with van der Waals surface area (Å²) in [7, 11) is 0. The number of benzene rings is 3. The van der Waals surface area contributed by atoms with Crippen molar-refractivity contribution in [2.24, 2.45) is 0 Å². The standard InChI is InChI=1S/C23H20ClN3O3S/c24-20-9-5-4-8-19(20)22(29)26-27-23(31)25-21(28)17-10-12-18(13-11-17)30-15-14-16-6-2-1-3-7-16/h1-13H,14-15H2,(H,26,29)(H2,25,27,28,31). The van der Waals surface area contributed by atoms with E-state index in [0.29, 0.717) is 22.9 Å². The first-order valence-electron chi connectivity index (χ1n) is 9.46. The van der Waals surface area contributed by atoms with E-state index in [9.17, 15) is 9.59 Å². The van der Waals surface area contributed by atoms with Gasteiger partial charge in [-0.05, 0) is 54.2 Å². The monoisotopic (exact) mass is 453 g/mol. The summed E-state index contributed by atoms with van der Waals surface area (Å²) >= 11 is 11.0. The normalized spacial score (nSPS) is 10.1. The number of hydrogen-bond acceptors (Lipinski definition) is 4. The van der Waals surface area contributed by atoms with Gasteiger partial charge >= 0.3 is 0 Å². The Morgan fingerprint density at radius 1 is 0.839 bits per heavy atom. The number of hydrazine groups is 1. The number of amides is 2. The fourth-order valence-corrected chi connectivity index (χ4v) is 3.03. The SMILES string of the molecule is O=C(NC(=S)NNC(=O)c1ccccc1Cl)c1ccc(OCCc2ccccc2)cc1. The van der Waals surface area contributed by atoms with Gasteiger partial charge in [0.2, 0.25) is 0 Å². The molecule has 0 aliphatic carbocycles. The first-order chi connectivity index (χ1) is 15.0. The van der Waals surface area contributed by atoms with Crippen LogP contribution in [0.3, 0.4) is 0 Å². The molecule has 0 saturated carbocycles. The second-order valence-electron chi connectivity index (χ2n) is 6.45. The van der Waals surface area contributed by atoms with Crippen LogP contribution in [0, 0.1) is 0 Å². The summed E-state index contributed by atoms with van der Waals surface area (Å²) in [6, 6.07) is 23.3. The quantitative estimate of drug-likeness (QED) is 0.389. The Kier molecular flexibility index (Phi) is 7.98. The highest BCUT2D eigenvalue weighted by Gasteiger charge is 2.11. The fraction of sp³-hybridized carbons (Fsp3) is 0.0870. The van der Waals surface area contributed by atoms with E-state index in [2.05, 4.69) is 16.2 Å². The number of rotatable bonds is 6. The van der Waals surface area contributed by atoms with Gasteiger partial charge in [0.25, 0.3) is 11.8 Å². The zero-order valence-electron chi connectivity index (χ0n) is 16.4. The van der Waals surface area contributed by atoms with Gasteiger partial charge in [-0.3, -0.25) is 25.8 Å². The lowest BCUT2D eigenvalue weighted by molar-refractivity contribution is 0.0934. The van der Waals surface area contributed by atoms with Crippen molar-refractivity contribution in [3.8, 4) is 5.75 Å². The van der Waals surface area contributed by atoms with E-state index in [0.717, 1.165) is 6.42 Å². The summed E-state index contributed by atoms with van der Waals surface area (Å²) in [4.78, 5) is 24.4. The average Bonchev–Trinajstić information content (AvgIpc) is 2.79. The predicted octanol–water partition coefficient (Wildman–Crippen LogP) is 3.91. The van der Waals surface area contributed by atoms with Gasteiger partial charge in [-0.25, -0.2) is 0 Å². The van der Waals surface area contributed by atoms with Crippen molar-refractivity contribution in [3.63, 3.8) is 0 Å². The van der Waals surface area contributed by atoms with Gasteiger partial charge in [-0.15, -0.1) is 0 Å². The van der Waals surface area contributed by atoms with Crippen LogP contribution < -0.4 is 20.9 Å². The van der Waals surface area contributed by atoms with E-state index in [1.54, 1.807) is 48.5 Å². The van der Waals surface area contributed by atoms with Crippen LogP contribution >= 0.6 is 23.8 Å². The predicted molar refractivity (Wildman–Crippen MR) is 124 cm³/mol. The van der Waals surface area contributed by atoms with Crippen LogP contribution in [-0.4, -0.2) is 23.5 Å². The van der Waals surface area contributed by atoms with Crippen LogP contribution in [0.2, 0.25) is 5.02 Å². The maximum atomic E-state index is 12.3. The molecule has 2 amide bonds. The average molecular weight is 454 g/mol. The Labute approximate surface area is 190 Å². The molecule has 6 nitrogen and oxygen atoms in total. The molecule has 3 rings (SSSR count). The number of nitrogens with one attached hydrogen (secondary N) is 3. The van der Waals surface area contributed by atoms with Gasteiger partial charge in [0.05, 0.1) is 17.2 Å². The Balaban J connectivity index is 1.43. The molecule has 158 valence electrons. The molecule has 3 aromatic carbocycles. The molecule has 0 radical (unpaired) electrons. The number of halogens is 1. The minimum atomic E-state index is -0.473. The minimum absolute atomic E-state index is 0.0476. The summed E-state index contributed by atoms with van der Waals surface area (Å²) in [6.07, 6.45) is 0.795. The molecule has 0 atom stereocenters. The Morgan fingerprint density at radius 2 is 1.52 bits per heavy atom. The molecule has 0 spiro atoms. The summed E-state index contributed by atoms with van der Waals surface area (Å²) in [6.45, 7) is 0.536. The number of ether oxygens (including phenoxy) is 1. The topological polar surface area (TPSA) is 79.5 Å². The van der Waals surface area contributed by atoms with Crippen LogP contribution in [0.4, 0.5) is 0 Å². The van der Waals surface area contributed by atoms with Crippen molar-refractivity contribution in [3.05, 3.63) is 101 Å². The summed E-state index contributed by atoms with van der Waals surface area (Å²) < 4.78 is 5.71. The second kappa shape index (κ2) is 11.1. The molecule has 8 heteroatoms. The maximum absolute atomic E-state index is 12.3. The Morgan fingerprint density at radius 3 is 2.23 bits per heavy atom. The van der Waals surface area contributed by atoms with E-state index in [1.807, 2.05) is 30.3 Å². The number of thiocarbonyl (C=S) groups is 1. The van der Waals surface area contributed by atoms with Gasteiger partial charge in [-0.2, -0.15) is 0 Å². The highest BCUT2D eigenvalue weighted by Crippen LogP contribution is 2.14. The molecular weight excluding hydrogens is 434 g/mol. The number of hydrogen-bond donors (Lipinski definition) is 3. The van der Waals surface area contributed by atoms with Gasteiger partial charge < -0.3 is 4.74 Å². The first kappa shape index (κ1) is 22.3. The molecule has 0 aliphatic rings. The highest BCUT2D eigenvalue weighted by molar-refractivity contribution is 7.80. The first-order valence-corrected chi connectivity index (χ1v) is 10.2. The third kappa shape index (κ3) is 6.80. The fourth-order valence-electron chi connectivity index (χ4n) is 2.67. The molecule has 0 bridgehead atoms. The van der Waals surface area contributed by atoms with Gasteiger partial charge in [0.1, 0.15) is 5.75 Å². The maximum Gasteiger partial charge on any atom is 0.271 e. The van der Waals surface area contributed by atoms with Gasteiger partial charge in [0, 0.05) is 12.0 Å². The largest absolute Gasteiger partial charge is 0.493 e.